The maximum atomic E-state index is 10.5. The van der Waals surface area contributed by atoms with Crippen LogP contribution in [0.5, 0.6) is 5.75 Å². The van der Waals surface area contributed by atoms with Gasteiger partial charge in [-0.2, -0.15) is 0 Å². The van der Waals surface area contributed by atoms with Crippen molar-refractivity contribution in [1.82, 2.24) is 0 Å². The highest BCUT2D eigenvalue weighted by Crippen LogP contribution is 2.36. The summed E-state index contributed by atoms with van der Waals surface area (Å²) >= 11 is 6.13. The molecule has 1 aromatic rings. The van der Waals surface area contributed by atoms with E-state index in [1.54, 1.807) is 0 Å². The third kappa shape index (κ3) is 3.76. The van der Waals surface area contributed by atoms with Gasteiger partial charge in [0.05, 0.1) is 5.02 Å². The molecule has 0 radical (unpaired) electrons. The van der Waals surface area contributed by atoms with E-state index in [2.05, 4.69) is 0 Å². The normalized spacial score (nSPS) is 11.8. The Morgan fingerprint density at radius 3 is 2.30 bits per heavy atom. The van der Waals surface area contributed by atoms with Crippen molar-refractivity contribution in [2.24, 2.45) is 0 Å². The number of hydrogen-bond donors (Lipinski definition) is 2. The van der Waals surface area contributed by atoms with Crippen LogP contribution in [0, 0.1) is 20.8 Å². The van der Waals surface area contributed by atoms with Crippen molar-refractivity contribution in [3.63, 3.8) is 0 Å². The number of carboxylic acids is 1. The summed E-state index contributed by atoms with van der Waals surface area (Å²) in [5.41, 5.74) is 4.83. The van der Waals surface area contributed by atoms with Crippen molar-refractivity contribution in [1.29, 1.82) is 0 Å². The molecule has 20 heavy (non-hydrogen) atoms. The number of phenols is 1. The number of phenolic OH excluding ortho intramolecular Hbond substituents is 1. The minimum absolute atomic E-state index is 0.126. The molecule has 0 aliphatic rings. The fourth-order valence-corrected chi connectivity index (χ4v) is 2.35. The quantitative estimate of drug-likeness (QED) is 0.795. The molecule has 110 valence electrons. The number of carboxylic acid groups (broad SMARTS) is 1. The molecule has 0 fully saturated rings. The first-order valence-electron chi connectivity index (χ1n) is 6.60. The maximum absolute atomic E-state index is 10.5. The summed E-state index contributed by atoms with van der Waals surface area (Å²) in [4.78, 5) is 10.5. The van der Waals surface area contributed by atoms with Gasteiger partial charge in [0.15, 0.2) is 0 Å². The number of aromatic hydroxyl groups is 1. The lowest BCUT2D eigenvalue weighted by Gasteiger charge is -2.15. The summed E-state index contributed by atoms with van der Waals surface area (Å²) in [6, 6.07) is 0. The van der Waals surface area contributed by atoms with Crippen molar-refractivity contribution < 1.29 is 15.0 Å². The Kier molecular flexibility index (Phi) is 5.63. The molecule has 0 saturated heterocycles. The van der Waals surface area contributed by atoms with E-state index in [4.69, 9.17) is 16.7 Å². The lowest BCUT2D eigenvalue weighted by atomic mass is 9.95. The Bertz CT molecular complexity index is 530. The standard InChI is InChI=1S/C16H21ClO3/c1-9(6-8-14(18)19)5-7-13-11(3)10(2)12(4)15(17)16(13)20/h5,20H,6-8H2,1-4H3,(H,18,19)/b9-5+. The summed E-state index contributed by atoms with van der Waals surface area (Å²) in [6.45, 7) is 7.74. The molecule has 0 aliphatic heterocycles. The molecule has 0 aliphatic carbocycles. The topological polar surface area (TPSA) is 57.5 Å². The SMILES string of the molecule is C/C(=C\Cc1c(C)c(C)c(C)c(Cl)c1O)CCC(=O)O. The molecule has 0 amide bonds. The zero-order valence-corrected chi connectivity index (χ0v) is 13.1. The third-order valence-corrected chi connectivity index (χ3v) is 4.25. The van der Waals surface area contributed by atoms with Crippen LogP contribution in [0.2, 0.25) is 5.02 Å². The van der Waals surface area contributed by atoms with E-state index in [0.29, 0.717) is 17.9 Å². The van der Waals surface area contributed by atoms with Gasteiger partial charge in [-0.05, 0) is 57.2 Å². The van der Waals surface area contributed by atoms with Crippen LogP contribution in [-0.2, 0) is 11.2 Å². The predicted molar refractivity (Wildman–Crippen MR) is 81.7 cm³/mol. The van der Waals surface area contributed by atoms with Gasteiger partial charge < -0.3 is 10.2 Å². The molecule has 0 spiro atoms. The predicted octanol–water partition coefficient (Wildman–Crippen LogP) is 4.32. The van der Waals surface area contributed by atoms with Gasteiger partial charge in [-0.1, -0.05) is 23.3 Å². The molecule has 4 heteroatoms. The molecule has 3 nitrogen and oxygen atoms in total. The largest absolute Gasteiger partial charge is 0.506 e. The number of rotatable bonds is 5. The molecule has 1 aromatic carbocycles. The third-order valence-electron chi connectivity index (χ3n) is 3.79. The minimum Gasteiger partial charge on any atom is -0.506 e. The van der Waals surface area contributed by atoms with Crippen LogP contribution in [0.25, 0.3) is 0 Å². The van der Waals surface area contributed by atoms with Gasteiger partial charge in [0.25, 0.3) is 0 Å². The van der Waals surface area contributed by atoms with Gasteiger partial charge in [0.1, 0.15) is 5.75 Å². The van der Waals surface area contributed by atoms with E-state index in [1.807, 2.05) is 33.8 Å². The molecule has 0 unspecified atom stereocenters. The van der Waals surface area contributed by atoms with Crippen molar-refractivity contribution >= 4 is 17.6 Å². The first-order valence-corrected chi connectivity index (χ1v) is 6.98. The summed E-state index contributed by atoms with van der Waals surface area (Å²) in [7, 11) is 0. The second-order valence-corrected chi connectivity index (χ2v) is 5.54. The van der Waals surface area contributed by atoms with Crippen LogP contribution < -0.4 is 0 Å². The van der Waals surface area contributed by atoms with E-state index in [9.17, 15) is 9.90 Å². The average molecular weight is 297 g/mol. The van der Waals surface area contributed by atoms with E-state index in [0.717, 1.165) is 27.8 Å². The highest BCUT2D eigenvalue weighted by molar-refractivity contribution is 6.33. The van der Waals surface area contributed by atoms with Crippen LogP contribution in [0.15, 0.2) is 11.6 Å². The van der Waals surface area contributed by atoms with Crippen LogP contribution in [0.4, 0.5) is 0 Å². The summed E-state index contributed by atoms with van der Waals surface area (Å²) < 4.78 is 0. The Hall–Kier alpha value is -1.48. The number of aliphatic carboxylic acids is 1. The Labute approximate surface area is 124 Å². The molecular formula is C16H21ClO3. The number of allylic oxidation sites excluding steroid dienone is 2. The van der Waals surface area contributed by atoms with Gasteiger partial charge in [-0.3, -0.25) is 4.79 Å². The summed E-state index contributed by atoms with van der Waals surface area (Å²) in [6.07, 6.45) is 3.16. The monoisotopic (exact) mass is 296 g/mol. The lowest BCUT2D eigenvalue weighted by molar-refractivity contribution is -0.136. The second kappa shape index (κ2) is 6.80. The molecule has 0 saturated carbocycles. The number of halogens is 1. The minimum atomic E-state index is -0.800. The van der Waals surface area contributed by atoms with Crippen molar-refractivity contribution in [2.75, 3.05) is 0 Å². The molecule has 2 N–H and O–H groups in total. The van der Waals surface area contributed by atoms with Crippen LogP contribution >= 0.6 is 11.6 Å². The molecular weight excluding hydrogens is 276 g/mol. The van der Waals surface area contributed by atoms with E-state index < -0.39 is 5.97 Å². The number of benzene rings is 1. The smallest absolute Gasteiger partial charge is 0.303 e. The molecule has 0 aromatic heterocycles. The summed E-state index contributed by atoms with van der Waals surface area (Å²) in [5.74, 6) is -0.666. The highest BCUT2D eigenvalue weighted by Gasteiger charge is 2.14. The van der Waals surface area contributed by atoms with Crippen molar-refractivity contribution in [3.8, 4) is 5.75 Å². The van der Waals surface area contributed by atoms with Crippen molar-refractivity contribution in [3.05, 3.63) is 38.9 Å². The molecule has 0 atom stereocenters. The maximum Gasteiger partial charge on any atom is 0.303 e. The average Bonchev–Trinajstić information content (AvgIpc) is 2.40. The second-order valence-electron chi connectivity index (χ2n) is 5.16. The molecule has 0 heterocycles. The first-order chi connectivity index (χ1) is 9.25. The lowest BCUT2D eigenvalue weighted by Crippen LogP contribution is -1.98. The summed E-state index contributed by atoms with van der Waals surface area (Å²) in [5, 5.41) is 19.2. The zero-order chi connectivity index (χ0) is 15.4. The Morgan fingerprint density at radius 2 is 1.75 bits per heavy atom. The van der Waals surface area contributed by atoms with Crippen LogP contribution in [0.1, 0.15) is 42.0 Å². The first kappa shape index (κ1) is 16.6. The van der Waals surface area contributed by atoms with Crippen LogP contribution in [-0.4, -0.2) is 16.2 Å². The Balaban J connectivity index is 2.99. The van der Waals surface area contributed by atoms with Gasteiger partial charge >= 0.3 is 5.97 Å². The van der Waals surface area contributed by atoms with E-state index >= 15 is 0 Å². The number of hydrogen-bond acceptors (Lipinski definition) is 2. The van der Waals surface area contributed by atoms with E-state index in [1.165, 1.54) is 0 Å². The Morgan fingerprint density at radius 1 is 1.15 bits per heavy atom. The molecule has 1 rings (SSSR count). The molecule has 0 bridgehead atoms. The van der Waals surface area contributed by atoms with Gasteiger partial charge in [0, 0.05) is 12.0 Å². The fourth-order valence-electron chi connectivity index (χ4n) is 2.09. The van der Waals surface area contributed by atoms with Gasteiger partial charge in [-0.25, -0.2) is 0 Å². The van der Waals surface area contributed by atoms with Gasteiger partial charge in [0.2, 0.25) is 0 Å². The van der Waals surface area contributed by atoms with E-state index in [-0.39, 0.29) is 12.2 Å². The van der Waals surface area contributed by atoms with Crippen LogP contribution in [0.3, 0.4) is 0 Å². The van der Waals surface area contributed by atoms with Gasteiger partial charge in [-0.15, -0.1) is 0 Å². The zero-order valence-electron chi connectivity index (χ0n) is 12.4. The van der Waals surface area contributed by atoms with Crippen molar-refractivity contribution in [2.45, 2.75) is 47.0 Å². The highest BCUT2D eigenvalue weighted by atomic mass is 35.5. The number of carbonyl (C=O) groups is 1. The fraction of sp³-hybridized carbons (Fsp3) is 0.438.